The van der Waals surface area contributed by atoms with Crippen molar-refractivity contribution >= 4 is 16.1 Å². The minimum absolute atomic E-state index is 0.117. The summed E-state index contributed by atoms with van der Waals surface area (Å²) in [5.41, 5.74) is 0. The molecule has 0 aromatic carbocycles. The van der Waals surface area contributed by atoms with Gasteiger partial charge in [0.05, 0.1) is 7.11 Å². The Morgan fingerprint density at radius 1 is 1.33 bits per heavy atom. The largest absolute Gasteiger partial charge is 0.480 e. The number of rotatable bonds is 8. The van der Waals surface area contributed by atoms with Gasteiger partial charge in [-0.15, -0.1) is 0 Å². The fourth-order valence-corrected chi connectivity index (χ4v) is 2.20. The molecule has 0 amide bonds. The Bertz CT molecular complexity index is 283. The third kappa shape index (κ3) is 5.13. The molecule has 6 heteroatoms. The van der Waals surface area contributed by atoms with Crippen LogP contribution >= 0.6 is 0 Å². The average molecular weight is 238 g/mol. The minimum atomic E-state index is -3.95. The summed E-state index contributed by atoms with van der Waals surface area (Å²) in [4.78, 5) is 10.7. The van der Waals surface area contributed by atoms with Crippen molar-refractivity contribution in [1.29, 1.82) is 0 Å². The fourth-order valence-electron chi connectivity index (χ4n) is 1.26. The second-order valence-electron chi connectivity index (χ2n) is 3.34. The van der Waals surface area contributed by atoms with E-state index >= 15 is 0 Å². The van der Waals surface area contributed by atoms with Crippen molar-refractivity contribution in [1.82, 2.24) is 0 Å². The zero-order valence-electron chi connectivity index (χ0n) is 9.10. The lowest BCUT2D eigenvalue weighted by Gasteiger charge is -2.10. The summed E-state index contributed by atoms with van der Waals surface area (Å²) in [6.45, 7) is 2.03. The summed E-state index contributed by atoms with van der Waals surface area (Å²) in [6, 6.07) is 0. The molecule has 1 unspecified atom stereocenters. The third-order valence-corrected chi connectivity index (χ3v) is 3.77. The number of unbranched alkanes of at least 4 members (excludes halogenated alkanes) is 3. The van der Waals surface area contributed by atoms with Gasteiger partial charge in [0.25, 0.3) is 10.1 Å². The maximum absolute atomic E-state index is 11.2. The number of hydrogen-bond donors (Lipinski definition) is 1. The molecule has 0 fully saturated rings. The maximum atomic E-state index is 11.2. The number of carbonyl (C=O) groups is 1. The highest BCUT2D eigenvalue weighted by Gasteiger charge is 2.31. The maximum Gasteiger partial charge on any atom is 0.324 e. The van der Waals surface area contributed by atoms with Gasteiger partial charge >= 0.3 is 5.97 Å². The van der Waals surface area contributed by atoms with Crippen LogP contribution in [0.2, 0.25) is 0 Å². The number of hydrogen-bond acceptors (Lipinski definition) is 4. The molecular formula is C9H18O5S. The Balaban J connectivity index is 4.25. The van der Waals surface area contributed by atoms with Crippen LogP contribution in [0.4, 0.5) is 0 Å². The van der Waals surface area contributed by atoms with Crippen LogP contribution in [0.3, 0.4) is 0 Å². The molecule has 5 nitrogen and oxygen atoms in total. The van der Waals surface area contributed by atoms with E-state index in [-0.39, 0.29) is 6.42 Å². The molecule has 0 aliphatic heterocycles. The summed E-state index contributed by atoms with van der Waals surface area (Å²) < 4.78 is 26.6. The quantitative estimate of drug-likeness (QED) is 0.510. The monoisotopic (exact) mass is 238 g/mol. The lowest BCUT2D eigenvalue weighted by atomic mass is 10.1. The van der Waals surface area contributed by atoms with Crippen molar-refractivity contribution in [2.45, 2.75) is 44.3 Å². The summed E-state index contributed by atoms with van der Waals surface area (Å²) in [5, 5.41) is 7.31. The van der Waals surface area contributed by atoms with Crippen molar-refractivity contribution in [3.8, 4) is 0 Å². The molecule has 0 saturated heterocycles. The van der Waals surface area contributed by atoms with Crippen LogP contribution in [0.25, 0.3) is 0 Å². The zero-order valence-corrected chi connectivity index (χ0v) is 9.92. The van der Waals surface area contributed by atoms with Gasteiger partial charge in [-0.3, -0.25) is 8.98 Å². The highest BCUT2D eigenvalue weighted by atomic mass is 32.2. The first-order valence-corrected chi connectivity index (χ1v) is 6.45. The predicted molar refractivity (Wildman–Crippen MR) is 56.1 cm³/mol. The van der Waals surface area contributed by atoms with Crippen molar-refractivity contribution in [3.63, 3.8) is 0 Å². The van der Waals surface area contributed by atoms with Gasteiger partial charge < -0.3 is 5.11 Å². The summed E-state index contributed by atoms with van der Waals surface area (Å²) in [7, 11) is -2.96. The summed E-state index contributed by atoms with van der Waals surface area (Å²) in [6.07, 6.45) is 3.56. The van der Waals surface area contributed by atoms with Crippen LogP contribution in [-0.4, -0.2) is 31.9 Å². The highest BCUT2D eigenvalue weighted by molar-refractivity contribution is 7.88. The summed E-state index contributed by atoms with van der Waals surface area (Å²) in [5.74, 6) is -1.34. The van der Waals surface area contributed by atoms with Crippen LogP contribution in [0, 0.1) is 0 Å². The molecular weight excluding hydrogens is 220 g/mol. The first-order chi connectivity index (χ1) is 6.95. The van der Waals surface area contributed by atoms with E-state index in [0.29, 0.717) is 6.42 Å². The molecule has 0 aliphatic carbocycles. The molecule has 0 aromatic heterocycles. The molecule has 1 N–H and O–H groups in total. The van der Waals surface area contributed by atoms with E-state index < -0.39 is 21.3 Å². The van der Waals surface area contributed by atoms with Crippen molar-refractivity contribution in [2.24, 2.45) is 0 Å². The first-order valence-electron chi connectivity index (χ1n) is 4.98. The molecule has 90 valence electrons. The number of aliphatic carboxylic acids is 1. The average Bonchev–Trinajstić information content (AvgIpc) is 2.16. The molecule has 0 spiro atoms. The van der Waals surface area contributed by atoms with Crippen LogP contribution in [0.15, 0.2) is 0 Å². The SMILES string of the molecule is CCCCCCC(C(=O)O)S(=O)(=O)OC. The van der Waals surface area contributed by atoms with Crippen LogP contribution in [0.1, 0.15) is 39.0 Å². The van der Waals surface area contributed by atoms with Crippen molar-refractivity contribution < 1.29 is 22.5 Å². The molecule has 0 aromatic rings. The van der Waals surface area contributed by atoms with Gasteiger partial charge in [-0.1, -0.05) is 32.6 Å². The first kappa shape index (κ1) is 14.4. The zero-order chi connectivity index (χ0) is 11.9. The Morgan fingerprint density at radius 2 is 1.93 bits per heavy atom. The molecule has 0 rings (SSSR count). The minimum Gasteiger partial charge on any atom is -0.480 e. The second kappa shape index (κ2) is 6.79. The molecule has 1 atom stereocenters. The van der Waals surface area contributed by atoms with Gasteiger partial charge in [-0.05, 0) is 6.42 Å². The molecule has 15 heavy (non-hydrogen) atoms. The van der Waals surface area contributed by atoms with Gasteiger partial charge in [0.1, 0.15) is 0 Å². The van der Waals surface area contributed by atoms with E-state index in [0.717, 1.165) is 26.4 Å². The van der Waals surface area contributed by atoms with E-state index in [1.54, 1.807) is 0 Å². The van der Waals surface area contributed by atoms with Crippen LogP contribution in [-0.2, 0) is 19.1 Å². The Labute approximate surface area is 90.6 Å². The highest BCUT2D eigenvalue weighted by Crippen LogP contribution is 2.13. The van der Waals surface area contributed by atoms with Crippen LogP contribution in [0.5, 0.6) is 0 Å². The normalized spacial score (nSPS) is 13.7. The topological polar surface area (TPSA) is 80.7 Å². The Hall–Kier alpha value is -0.620. The lowest BCUT2D eigenvalue weighted by Crippen LogP contribution is -2.30. The van der Waals surface area contributed by atoms with Gasteiger partial charge in [-0.25, -0.2) is 0 Å². The Kier molecular flexibility index (Phi) is 6.51. The standard InChI is InChI=1S/C9H18O5S/c1-3-4-5-6-7-8(9(10)11)15(12,13)14-2/h8H,3-7H2,1-2H3,(H,10,11). The number of carboxylic acids is 1. The van der Waals surface area contributed by atoms with Crippen molar-refractivity contribution in [3.05, 3.63) is 0 Å². The van der Waals surface area contributed by atoms with Gasteiger partial charge in [0, 0.05) is 0 Å². The van der Waals surface area contributed by atoms with Crippen LogP contribution < -0.4 is 0 Å². The molecule has 0 saturated carbocycles. The Morgan fingerprint density at radius 3 is 2.33 bits per heavy atom. The second-order valence-corrected chi connectivity index (χ2v) is 5.22. The van der Waals surface area contributed by atoms with E-state index in [4.69, 9.17) is 5.11 Å². The summed E-state index contributed by atoms with van der Waals surface area (Å²) >= 11 is 0. The van der Waals surface area contributed by atoms with Crippen molar-refractivity contribution in [2.75, 3.05) is 7.11 Å². The predicted octanol–water partition coefficient (Wildman–Crippen LogP) is 1.39. The number of carboxylic acid groups (broad SMARTS) is 1. The van der Waals surface area contributed by atoms with E-state index in [1.165, 1.54) is 0 Å². The lowest BCUT2D eigenvalue weighted by molar-refractivity contribution is -0.136. The van der Waals surface area contributed by atoms with Gasteiger partial charge in [0.15, 0.2) is 5.25 Å². The smallest absolute Gasteiger partial charge is 0.324 e. The molecule has 0 bridgehead atoms. The van der Waals surface area contributed by atoms with E-state index in [2.05, 4.69) is 4.18 Å². The molecule has 0 aliphatic rings. The molecule has 0 radical (unpaired) electrons. The van der Waals surface area contributed by atoms with Gasteiger partial charge in [0.2, 0.25) is 0 Å². The van der Waals surface area contributed by atoms with E-state index in [1.807, 2.05) is 6.92 Å². The van der Waals surface area contributed by atoms with Gasteiger partial charge in [-0.2, -0.15) is 8.42 Å². The third-order valence-electron chi connectivity index (χ3n) is 2.18. The molecule has 0 heterocycles. The fraction of sp³-hybridized carbons (Fsp3) is 0.889. The van der Waals surface area contributed by atoms with E-state index in [9.17, 15) is 13.2 Å².